The van der Waals surface area contributed by atoms with E-state index in [4.69, 9.17) is 14.5 Å². The Morgan fingerprint density at radius 1 is 0.903 bits per heavy atom. The zero-order valence-corrected chi connectivity index (χ0v) is 17.5. The van der Waals surface area contributed by atoms with Crippen molar-refractivity contribution in [3.05, 3.63) is 94.9 Å². The number of amidine groups is 1. The average Bonchev–Trinajstić information content (AvgIpc) is 3.13. The summed E-state index contributed by atoms with van der Waals surface area (Å²) in [4.78, 5) is 20.4. The Balaban J connectivity index is 1.48. The van der Waals surface area contributed by atoms with Crippen molar-refractivity contribution in [2.45, 2.75) is 6.54 Å². The van der Waals surface area contributed by atoms with Gasteiger partial charge in [0.2, 0.25) is 0 Å². The van der Waals surface area contributed by atoms with Crippen LogP contribution in [0.1, 0.15) is 11.1 Å². The molecule has 3 aromatic carbocycles. The van der Waals surface area contributed by atoms with Crippen LogP contribution >= 0.6 is 11.8 Å². The smallest absolute Gasteiger partial charge is 0.271 e. The second kappa shape index (κ2) is 8.70. The van der Waals surface area contributed by atoms with Gasteiger partial charge >= 0.3 is 0 Å². The molecule has 1 amide bonds. The Bertz CT molecular complexity index is 1160. The Labute approximate surface area is 185 Å². The summed E-state index contributed by atoms with van der Waals surface area (Å²) < 4.78 is 11.3. The molecule has 0 radical (unpaired) electrons. The van der Waals surface area contributed by atoms with Crippen LogP contribution in [-0.4, -0.2) is 24.3 Å². The third-order valence-corrected chi connectivity index (χ3v) is 5.93. The van der Waals surface area contributed by atoms with Gasteiger partial charge < -0.3 is 9.47 Å². The summed E-state index contributed by atoms with van der Waals surface area (Å²) in [5.74, 6) is 1.35. The highest BCUT2D eigenvalue weighted by molar-refractivity contribution is 8.19. The van der Waals surface area contributed by atoms with Crippen molar-refractivity contribution in [3.63, 3.8) is 0 Å². The molecule has 0 bridgehead atoms. The fraction of sp³-hybridized carbons (Fsp3) is 0.120. The molecule has 3 aromatic rings. The number of amides is 1. The van der Waals surface area contributed by atoms with Crippen LogP contribution in [0.15, 0.2) is 88.8 Å². The van der Waals surface area contributed by atoms with Crippen LogP contribution < -0.4 is 14.4 Å². The van der Waals surface area contributed by atoms with E-state index >= 15 is 0 Å². The van der Waals surface area contributed by atoms with Gasteiger partial charge in [0.25, 0.3) is 5.91 Å². The maximum absolute atomic E-state index is 13.3. The Morgan fingerprint density at radius 2 is 1.61 bits per heavy atom. The lowest BCUT2D eigenvalue weighted by Crippen LogP contribution is -2.28. The van der Waals surface area contributed by atoms with E-state index in [-0.39, 0.29) is 5.91 Å². The fourth-order valence-electron chi connectivity index (χ4n) is 3.43. The number of thioether (sulfide) groups is 1. The minimum Gasteiger partial charge on any atom is -0.486 e. The van der Waals surface area contributed by atoms with Crippen LogP contribution in [0.3, 0.4) is 0 Å². The highest BCUT2D eigenvalue weighted by Crippen LogP contribution is 2.37. The number of hydrogen-bond donors (Lipinski definition) is 0. The molecule has 0 aromatic heterocycles. The number of benzene rings is 3. The first-order valence-corrected chi connectivity index (χ1v) is 10.9. The van der Waals surface area contributed by atoms with Gasteiger partial charge in [0.05, 0.1) is 17.1 Å². The first kappa shape index (κ1) is 19.5. The van der Waals surface area contributed by atoms with Crippen LogP contribution in [0.2, 0.25) is 0 Å². The van der Waals surface area contributed by atoms with Gasteiger partial charge in [0, 0.05) is 0 Å². The van der Waals surface area contributed by atoms with Crippen molar-refractivity contribution in [1.29, 1.82) is 0 Å². The largest absolute Gasteiger partial charge is 0.486 e. The summed E-state index contributed by atoms with van der Waals surface area (Å²) in [6.45, 7) is 1.59. The molecule has 0 atom stereocenters. The lowest BCUT2D eigenvalue weighted by Gasteiger charge is -2.18. The fourth-order valence-corrected chi connectivity index (χ4v) is 4.41. The zero-order chi connectivity index (χ0) is 21.0. The van der Waals surface area contributed by atoms with Gasteiger partial charge in [-0.05, 0) is 53.2 Å². The number of carbonyl (C=O) groups is 1. The van der Waals surface area contributed by atoms with Gasteiger partial charge in [-0.1, -0.05) is 54.6 Å². The van der Waals surface area contributed by atoms with Crippen molar-refractivity contribution in [2.24, 2.45) is 4.99 Å². The van der Waals surface area contributed by atoms with Gasteiger partial charge in [0.1, 0.15) is 13.2 Å². The second-order valence-corrected chi connectivity index (χ2v) is 8.08. The number of carbonyl (C=O) groups excluding carboxylic acids is 1. The van der Waals surface area contributed by atoms with Gasteiger partial charge in [0.15, 0.2) is 16.7 Å². The summed E-state index contributed by atoms with van der Waals surface area (Å²) in [6.07, 6.45) is 1.88. The number of hydrogen-bond acceptors (Lipinski definition) is 5. The molecule has 1 saturated heterocycles. The first-order valence-electron chi connectivity index (χ1n) is 10.0. The molecule has 5 rings (SSSR count). The highest BCUT2D eigenvalue weighted by atomic mass is 32.2. The van der Waals surface area contributed by atoms with Crippen LogP contribution in [0.5, 0.6) is 11.5 Å². The predicted molar refractivity (Wildman–Crippen MR) is 125 cm³/mol. The minimum absolute atomic E-state index is 0.0853. The molecule has 0 spiro atoms. The van der Waals surface area contributed by atoms with E-state index in [1.54, 1.807) is 4.90 Å². The van der Waals surface area contributed by atoms with Crippen molar-refractivity contribution >= 4 is 34.6 Å². The van der Waals surface area contributed by atoms with E-state index < -0.39 is 0 Å². The topological polar surface area (TPSA) is 51.1 Å². The Kier molecular flexibility index (Phi) is 5.46. The molecule has 0 N–H and O–H groups in total. The first-order chi connectivity index (χ1) is 15.3. The molecular formula is C25H20N2O3S. The molecule has 6 heteroatoms. The number of nitrogens with zero attached hydrogens (tertiary/aromatic N) is 2. The van der Waals surface area contributed by atoms with Crippen LogP contribution in [0.25, 0.3) is 6.08 Å². The van der Waals surface area contributed by atoms with Crippen LogP contribution in [0.4, 0.5) is 5.69 Å². The third kappa shape index (κ3) is 4.20. The molecule has 31 heavy (non-hydrogen) atoms. The molecular weight excluding hydrogens is 408 g/mol. The molecule has 1 fully saturated rings. The maximum atomic E-state index is 13.3. The van der Waals surface area contributed by atoms with E-state index in [0.717, 1.165) is 22.6 Å². The predicted octanol–water partition coefficient (Wildman–Crippen LogP) is 5.13. The van der Waals surface area contributed by atoms with E-state index in [2.05, 4.69) is 0 Å². The van der Waals surface area contributed by atoms with Crippen molar-refractivity contribution in [3.8, 4) is 11.5 Å². The normalized spacial score (nSPS) is 18.1. The van der Waals surface area contributed by atoms with E-state index in [1.165, 1.54) is 11.8 Å². The van der Waals surface area contributed by atoms with Gasteiger partial charge in [-0.2, -0.15) is 0 Å². The van der Waals surface area contributed by atoms with Gasteiger partial charge in [-0.3, -0.25) is 14.7 Å². The van der Waals surface area contributed by atoms with Crippen molar-refractivity contribution in [2.75, 3.05) is 18.1 Å². The maximum Gasteiger partial charge on any atom is 0.271 e. The molecule has 0 aliphatic carbocycles. The van der Waals surface area contributed by atoms with E-state index in [0.29, 0.717) is 35.6 Å². The van der Waals surface area contributed by atoms with Crippen molar-refractivity contribution in [1.82, 2.24) is 0 Å². The number of para-hydroxylation sites is 1. The standard InChI is InChI=1S/C25H20N2O3S/c28-24-23(16-19-11-12-21-22(15-19)30-14-13-29-21)31-25(26-17-18-7-3-1-4-8-18)27(24)20-9-5-2-6-10-20/h1-12,15-16H,13-14,17H2/b23-16-,26-25?. The highest BCUT2D eigenvalue weighted by Gasteiger charge is 2.34. The SMILES string of the molecule is O=C1/C(=C/c2ccc3c(c2)OCCO3)SC(=NCc2ccccc2)N1c1ccccc1. The second-order valence-electron chi connectivity index (χ2n) is 7.07. The quantitative estimate of drug-likeness (QED) is 0.540. The summed E-state index contributed by atoms with van der Waals surface area (Å²) in [6, 6.07) is 25.4. The lowest BCUT2D eigenvalue weighted by atomic mass is 10.1. The summed E-state index contributed by atoms with van der Waals surface area (Å²) in [5, 5.41) is 0.670. The number of aliphatic imine (C=N–C) groups is 1. The summed E-state index contributed by atoms with van der Waals surface area (Å²) >= 11 is 1.39. The van der Waals surface area contributed by atoms with Crippen molar-refractivity contribution < 1.29 is 14.3 Å². The Hall–Kier alpha value is -3.51. The van der Waals surface area contributed by atoms with Crippen LogP contribution in [-0.2, 0) is 11.3 Å². The minimum atomic E-state index is -0.0853. The number of rotatable bonds is 4. The molecule has 154 valence electrons. The molecule has 2 aliphatic heterocycles. The zero-order valence-electron chi connectivity index (χ0n) is 16.7. The summed E-state index contributed by atoms with van der Waals surface area (Å²) in [7, 11) is 0. The molecule has 0 unspecified atom stereocenters. The monoisotopic (exact) mass is 428 g/mol. The number of fused-ring (bicyclic) bond motifs is 1. The Morgan fingerprint density at radius 3 is 2.39 bits per heavy atom. The van der Waals surface area contributed by atoms with E-state index in [9.17, 15) is 4.79 Å². The van der Waals surface area contributed by atoms with Gasteiger partial charge in [-0.25, -0.2) is 0 Å². The average molecular weight is 429 g/mol. The number of ether oxygens (including phenoxy) is 2. The van der Waals surface area contributed by atoms with E-state index in [1.807, 2.05) is 84.9 Å². The van der Waals surface area contributed by atoms with Gasteiger partial charge in [-0.15, -0.1) is 0 Å². The summed E-state index contributed by atoms with van der Waals surface area (Å²) in [5.41, 5.74) is 2.79. The lowest BCUT2D eigenvalue weighted by molar-refractivity contribution is -0.113. The number of anilines is 1. The molecule has 0 saturated carbocycles. The third-order valence-electron chi connectivity index (χ3n) is 4.92. The van der Waals surface area contributed by atoms with Crippen LogP contribution in [0, 0.1) is 0 Å². The molecule has 2 aliphatic rings. The molecule has 5 nitrogen and oxygen atoms in total. The molecule has 2 heterocycles.